The average Bonchev–Trinajstić information content (AvgIpc) is 2.46. The topological polar surface area (TPSA) is 48.3 Å². The summed E-state index contributed by atoms with van der Waals surface area (Å²) in [5.74, 6) is 0. The van der Waals surface area contributed by atoms with Gasteiger partial charge in [-0.25, -0.2) is 0 Å². The molecule has 0 atom stereocenters. The molecule has 5 nitrogen and oxygen atoms in total. The quantitative estimate of drug-likeness (QED) is 0.532. The van der Waals surface area contributed by atoms with E-state index in [4.69, 9.17) is 0 Å². The van der Waals surface area contributed by atoms with Crippen molar-refractivity contribution in [2.45, 2.75) is 20.8 Å². The van der Waals surface area contributed by atoms with E-state index < -0.39 is 0 Å². The highest BCUT2D eigenvalue weighted by atomic mass is 16.3. The zero-order valence-corrected chi connectivity index (χ0v) is 13.1. The lowest BCUT2D eigenvalue weighted by Crippen LogP contribution is -2.47. The summed E-state index contributed by atoms with van der Waals surface area (Å²) in [7, 11) is 0. The van der Waals surface area contributed by atoms with Gasteiger partial charge in [-0.05, 0) is 12.5 Å². The van der Waals surface area contributed by atoms with E-state index in [9.17, 15) is 4.91 Å². The molecule has 1 aliphatic rings. The molecule has 0 unspecified atom stereocenters. The molecule has 0 spiro atoms. The largest absolute Gasteiger partial charge is 0.299 e. The monoisotopic (exact) mass is 280 g/mol. The molecule has 1 rings (SSSR count). The number of rotatable bonds is 7. The normalized spacial score (nSPS) is 16.6. The van der Waals surface area contributed by atoms with Gasteiger partial charge in [0.1, 0.15) is 0 Å². The number of nitroso groups, excluding NO2 is 1. The Kier molecular flexibility index (Phi) is 10.7. The van der Waals surface area contributed by atoms with E-state index in [-0.39, 0.29) is 0 Å². The second-order valence-corrected chi connectivity index (χ2v) is 4.62. The molecule has 0 saturated carbocycles. The minimum Gasteiger partial charge on any atom is -0.299 e. The number of allylic oxidation sites excluding steroid dienone is 1. The van der Waals surface area contributed by atoms with Gasteiger partial charge in [0, 0.05) is 51.2 Å². The SMILES string of the molecule is C=C(C=NC(=C)C)CN1CCN(CCN=O)CC1.CC. The summed E-state index contributed by atoms with van der Waals surface area (Å²) < 4.78 is 0. The van der Waals surface area contributed by atoms with Gasteiger partial charge in [-0.2, -0.15) is 4.91 Å². The number of hydrogen-bond donors (Lipinski definition) is 0. The van der Waals surface area contributed by atoms with Crippen LogP contribution in [0.25, 0.3) is 0 Å². The van der Waals surface area contributed by atoms with Crippen LogP contribution in [0.2, 0.25) is 0 Å². The van der Waals surface area contributed by atoms with E-state index in [0.29, 0.717) is 6.54 Å². The van der Waals surface area contributed by atoms with Crippen LogP contribution in [0.3, 0.4) is 0 Å². The summed E-state index contributed by atoms with van der Waals surface area (Å²) in [4.78, 5) is 18.8. The van der Waals surface area contributed by atoms with Crippen LogP contribution < -0.4 is 0 Å². The summed E-state index contributed by atoms with van der Waals surface area (Å²) in [5.41, 5.74) is 1.79. The van der Waals surface area contributed by atoms with Crippen molar-refractivity contribution in [3.8, 4) is 0 Å². The summed E-state index contributed by atoms with van der Waals surface area (Å²) in [6.07, 6.45) is 1.78. The Morgan fingerprint density at radius 1 is 1.15 bits per heavy atom. The third-order valence-corrected chi connectivity index (χ3v) is 2.87. The van der Waals surface area contributed by atoms with Gasteiger partial charge in [0.2, 0.25) is 0 Å². The van der Waals surface area contributed by atoms with Gasteiger partial charge in [-0.1, -0.05) is 32.2 Å². The molecule has 1 aliphatic heterocycles. The van der Waals surface area contributed by atoms with E-state index in [2.05, 4.69) is 33.1 Å². The van der Waals surface area contributed by atoms with Crippen molar-refractivity contribution in [3.05, 3.63) is 29.3 Å². The summed E-state index contributed by atoms with van der Waals surface area (Å²) >= 11 is 0. The first-order valence-corrected chi connectivity index (χ1v) is 7.23. The lowest BCUT2D eigenvalue weighted by Gasteiger charge is -2.34. The molecule has 0 aromatic heterocycles. The predicted octanol–water partition coefficient (Wildman–Crippen LogP) is 2.56. The predicted molar refractivity (Wildman–Crippen MR) is 87.3 cm³/mol. The van der Waals surface area contributed by atoms with Gasteiger partial charge >= 0.3 is 0 Å². The first-order chi connectivity index (χ1) is 9.61. The fraction of sp³-hybridized carbons (Fsp3) is 0.667. The first-order valence-electron chi connectivity index (χ1n) is 7.23. The lowest BCUT2D eigenvalue weighted by molar-refractivity contribution is 0.144. The van der Waals surface area contributed by atoms with Crippen molar-refractivity contribution in [1.29, 1.82) is 0 Å². The third-order valence-electron chi connectivity index (χ3n) is 2.87. The molecule has 1 fully saturated rings. The van der Waals surface area contributed by atoms with Crippen LogP contribution in [0.15, 0.2) is 34.6 Å². The van der Waals surface area contributed by atoms with Crippen molar-refractivity contribution < 1.29 is 0 Å². The Morgan fingerprint density at radius 3 is 2.20 bits per heavy atom. The first kappa shape index (κ1) is 18.7. The zero-order valence-electron chi connectivity index (χ0n) is 13.1. The Hall–Kier alpha value is -1.33. The zero-order chi connectivity index (χ0) is 15.4. The van der Waals surface area contributed by atoms with Crippen LogP contribution >= 0.6 is 0 Å². The van der Waals surface area contributed by atoms with Gasteiger partial charge < -0.3 is 0 Å². The second-order valence-electron chi connectivity index (χ2n) is 4.62. The standard InChI is InChI=1S/C13H22N4O.C2H6/c1-12(2)14-10-13(3)11-17-8-6-16(7-9-17)5-4-15-18;1-2/h10H,1,3-9,11H2,2H3;1-2H3. The van der Waals surface area contributed by atoms with E-state index in [0.717, 1.165) is 50.5 Å². The van der Waals surface area contributed by atoms with Crippen LogP contribution in [0, 0.1) is 4.91 Å². The Balaban J connectivity index is 0.00000172. The molecule has 0 N–H and O–H groups in total. The molecule has 20 heavy (non-hydrogen) atoms. The van der Waals surface area contributed by atoms with Gasteiger partial charge in [0.25, 0.3) is 0 Å². The third kappa shape index (κ3) is 8.72. The van der Waals surface area contributed by atoms with Crippen molar-refractivity contribution in [2.75, 3.05) is 45.8 Å². The fourth-order valence-corrected chi connectivity index (χ4v) is 1.88. The van der Waals surface area contributed by atoms with Crippen molar-refractivity contribution >= 4 is 6.21 Å². The maximum atomic E-state index is 10.1. The smallest absolute Gasteiger partial charge is 0.0938 e. The van der Waals surface area contributed by atoms with Gasteiger partial charge in [-0.15, -0.1) is 0 Å². The van der Waals surface area contributed by atoms with Crippen LogP contribution in [-0.2, 0) is 0 Å². The van der Waals surface area contributed by atoms with Crippen molar-refractivity contribution in [1.82, 2.24) is 9.80 Å². The average molecular weight is 280 g/mol. The van der Waals surface area contributed by atoms with E-state index >= 15 is 0 Å². The Morgan fingerprint density at radius 2 is 1.70 bits per heavy atom. The van der Waals surface area contributed by atoms with Gasteiger partial charge in [0.05, 0.1) is 6.54 Å². The van der Waals surface area contributed by atoms with Gasteiger partial charge in [0.15, 0.2) is 0 Å². The maximum Gasteiger partial charge on any atom is 0.0938 e. The van der Waals surface area contributed by atoms with Crippen LogP contribution in [0.4, 0.5) is 0 Å². The van der Waals surface area contributed by atoms with E-state index in [1.807, 2.05) is 20.8 Å². The number of hydrogen-bond acceptors (Lipinski definition) is 5. The Bertz CT molecular complexity index is 331. The van der Waals surface area contributed by atoms with Gasteiger partial charge in [-0.3, -0.25) is 14.8 Å². The van der Waals surface area contributed by atoms with Crippen LogP contribution in [0.1, 0.15) is 20.8 Å². The highest BCUT2D eigenvalue weighted by Gasteiger charge is 2.16. The minimum absolute atomic E-state index is 0.387. The highest BCUT2D eigenvalue weighted by molar-refractivity contribution is 5.78. The van der Waals surface area contributed by atoms with E-state index in [1.54, 1.807) is 6.21 Å². The highest BCUT2D eigenvalue weighted by Crippen LogP contribution is 2.04. The van der Waals surface area contributed by atoms with Crippen LogP contribution in [-0.4, -0.2) is 61.8 Å². The molecule has 1 heterocycles. The van der Waals surface area contributed by atoms with Crippen molar-refractivity contribution in [2.24, 2.45) is 10.2 Å². The molecule has 0 aromatic rings. The fourth-order valence-electron chi connectivity index (χ4n) is 1.88. The molecule has 0 amide bonds. The molecule has 0 radical (unpaired) electrons. The molecular formula is C15H28N4O. The summed E-state index contributed by atoms with van der Waals surface area (Å²) in [5, 5.41) is 2.89. The molecule has 1 saturated heterocycles. The molecule has 114 valence electrons. The molecular weight excluding hydrogens is 252 g/mol. The number of aliphatic imine (C=N–C) groups is 1. The minimum atomic E-state index is 0.387. The lowest BCUT2D eigenvalue weighted by atomic mass is 10.2. The maximum absolute atomic E-state index is 10.1. The Labute approximate surface area is 123 Å². The molecule has 5 heteroatoms. The second kappa shape index (κ2) is 11.5. The molecule has 0 aliphatic carbocycles. The van der Waals surface area contributed by atoms with Crippen LogP contribution in [0.5, 0.6) is 0 Å². The number of nitrogens with zero attached hydrogens (tertiary/aromatic N) is 4. The molecule has 0 aromatic carbocycles. The molecule has 0 bridgehead atoms. The van der Waals surface area contributed by atoms with E-state index in [1.165, 1.54) is 0 Å². The number of piperazine rings is 1. The summed E-state index contributed by atoms with van der Waals surface area (Å²) in [6.45, 7) is 19.5. The van der Waals surface area contributed by atoms with Crippen molar-refractivity contribution in [3.63, 3.8) is 0 Å². The summed E-state index contributed by atoms with van der Waals surface area (Å²) in [6, 6.07) is 0.